The van der Waals surface area contributed by atoms with Crippen LogP contribution in [0.2, 0.25) is 0 Å². The highest BCUT2D eigenvalue weighted by Gasteiger charge is 2.46. The Hall–Kier alpha value is -2.26. The van der Waals surface area contributed by atoms with Gasteiger partial charge >= 0.3 is 6.18 Å². The van der Waals surface area contributed by atoms with E-state index in [0.717, 1.165) is 38.5 Å². The van der Waals surface area contributed by atoms with Crippen LogP contribution in [-0.4, -0.2) is 54.0 Å². The Morgan fingerprint density at radius 1 is 1.15 bits per heavy atom. The molecule has 2 saturated heterocycles. The van der Waals surface area contributed by atoms with Crippen LogP contribution in [0.3, 0.4) is 0 Å². The predicted octanol–water partition coefficient (Wildman–Crippen LogP) is 3.96. The minimum Gasteiger partial charge on any atom is -0.345 e. The molecule has 34 heavy (non-hydrogen) atoms. The molecule has 186 valence electrons. The van der Waals surface area contributed by atoms with Crippen molar-refractivity contribution in [3.05, 3.63) is 35.7 Å². The van der Waals surface area contributed by atoms with Gasteiger partial charge in [0.2, 0.25) is 5.91 Å². The molecule has 2 N–H and O–H groups in total. The fourth-order valence-corrected chi connectivity index (χ4v) is 5.60. The fourth-order valence-electron chi connectivity index (χ4n) is 5.60. The van der Waals surface area contributed by atoms with Crippen LogP contribution in [0, 0.1) is 17.3 Å². The van der Waals surface area contributed by atoms with Crippen molar-refractivity contribution in [2.24, 2.45) is 17.3 Å². The van der Waals surface area contributed by atoms with Gasteiger partial charge in [0.05, 0.1) is 16.6 Å². The molecule has 0 spiro atoms. The number of alkyl halides is 3. The molecular weight excluding hydrogens is 443 g/mol. The molecule has 2 fully saturated rings. The summed E-state index contributed by atoms with van der Waals surface area (Å²) in [6.45, 7) is 9.14. The van der Waals surface area contributed by atoms with Gasteiger partial charge < -0.3 is 15.5 Å². The molecular formula is C25H34F3N5O. The van der Waals surface area contributed by atoms with Gasteiger partial charge in [-0.3, -0.25) is 14.8 Å². The minimum absolute atomic E-state index is 0.0742. The highest BCUT2D eigenvalue weighted by Crippen LogP contribution is 2.41. The van der Waals surface area contributed by atoms with E-state index in [1.807, 2.05) is 13.8 Å². The Morgan fingerprint density at radius 3 is 2.41 bits per heavy atom. The quantitative estimate of drug-likeness (QED) is 0.698. The number of carbonyl (C=O) groups is 1. The molecule has 3 heterocycles. The van der Waals surface area contributed by atoms with Crippen molar-refractivity contribution < 1.29 is 18.0 Å². The molecule has 2 aliphatic heterocycles. The molecule has 0 aliphatic carbocycles. The van der Waals surface area contributed by atoms with Crippen molar-refractivity contribution in [2.75, 3.05) is 33.2 Å². The van der Waals surface area contributed by atoms with Gasteiger partial charge in [-0.15, -0.1) is 0 Å². The van der Waals surface area contributed by atoms with Crippen LogP contribution >= 0.6 is 0 Å². The second-order valence-corrected chi connectivity index (χ2v) is 10.7. The van der Waals surface area contributed by atoms with E-state index in [1.54, 1.807) is 0 Å². The number of piperidine rings is 2. The van der Waals surface area contributed by atoms with Gasteiger partial charge in [-0.05, 0) is 63.8 Å². The number of aromatic nitrogens is 2. The Bertz CT molecular complexity index is 1050. The molecule has 1 aromatic carbocycles. The lowest BCUT2D eigenvalue weighted by molar-refractivity contribution is -0.137. The maximum absolute atomic E-state index is 13.8. The van der Waals surface area contributed by atoms with Crippen LogP contribution in [-0.2, 0) is 16.5 Å². The summed E-state index contributed by atoms with van der Waals surface area (Å²) >= 11 is 0. The Labute approximate surface area is 198 Å². The zero-order chi connectivity index (χ0) is 24.7. The third-order valence-electron chi connectivity index (χ3n) is 7.74. The molecule has 1 amide bonds. The normalized spacial score (nSPS) is 25.4. The summed E-state index contributed by atoms with van der Waals surface area (Å²) in [5.74, 6) is 0.378. The van der Waals surface area contributed by atoms with Crippen LogP contribution in [0.5, 0.6) is 0 Å². The molecule has 0 unspecified atom stereocenters. The Morgan fingerprint density at radius 2 is 1.79 bits per heavy atom. The number of hydrogen-bond donors (Lipinski definition) is 2. The minimum atomic E-state index is -4.54. The van der Waals surface area contributed by atoms with E-state index in [1.165, 1.54) is 18.5 Å². The summed E-state index contributed by atoms with van der Waals surface area (Å²) in [4.78, 5) is 24.4. The molecule has 2 atom stereocenters. The average Bonchev–Trinajstić information content (AvgIpc) is 2.78. The average molecular weight is 478 g/mol. The number of nitrogens with one attached hydrogen (secondary N) is 2. The number of likely N-dealkylation sites (tertiary alicyclic amines) is 1. The number of halogens is 3. The highest BCUT2D eigenvalue weighted by molar-refractivity contribution is 5.86. The Balaban J connectivity index is 1.76. The largest absolute Gasteiger partial charge is 0.418 e. The van der Waals surface area contributed by atoms with Gasteiger partial charge in [0.25, 0.3) is 0 Å². The zero-order valence-corrected chi connectivity index (χ0v) is 20.3. The molecule has 6 nitrogen and oxygen atoms in total. The van der Waals surface area contributed by atoms with Crippen molar-refractivity contribution in [3.63, 3.8) is 0 Å². The molecule has 0 radical (unpaired) electrons. The van der Waals surface area contributed by atoms with E-state index in [4.69, 9.17) is 0 Å². The van der Waals surface area contributed by atoms with Gasteiger partial charge in [-0.2, -0.15) is 13.2 Å². The van der Waals surface area contributed by atoms with Gasteiger partial charge in [0.1, 0.15) is 5.52 Å². The van der Waals surface area contributed by atoms with Gasteiger partial charge in [-0.25, -0.2) is 0 Å². The van der Waals surface area contributed by atoms with Crippen LogP contribution in [0.25, 0.3) is 11.0 Å². The fraction of sp³-hybridized carbons (Fsp3) is 0.640. The van der Waals surface area contributed by atoms with Crippen molar-refractivity contribution in [2.45, 2.75) is 51.7 Å². The van der Waals surface area contributed by atoms with Crippen LogP contribution in [0.1, 0.15) is 51.2 Å². The van der Waals surface area contributed by atoms with E-state index in [2.05, 4.69) is 39.5 Å². The van der Waals surface area contributed by atoms with Gasteiger partial charge in [-0.1, -0.05) is 26.8 Å². The summed E-state index contributed by atoms with van der Waals surface area (Å²) in [5, 5.41) is 6.70. The van der Waals surface area contributed by atoms with Crippen molar-refractivity contribution in [1.82, 2.24) is 25.5 Å². The first-order valence-corrected chi connectivity index (χ1v) is 12.0. The molecule has 0 saturated carbocycles. The SMILES string of the molecule is C[C@@H]1CNC[C@](NC(=O)C(C)(C)C2CCN(C)CC2)(c2ccc(C(F)(F)F)c3nccnc23)C1. The summed E-state index contributed by atoms with van der Waals surface area (Å²) in [6.07, 6.45) is 0.617. The van der Waals surface area contributed by atoms with E-state index in [9.17, 15) is 18.0 Å². The second-order valence-electron chi connectivity index (χ2n) is 10.7. The number of carbonyl (C=O) groups excluding carboxylic acids is 1. The lowest BCUT2D eigenvalue weighted by atomic mass is 9.71. The predicted molar refractivity (Wildman–Crippen MR) is 125 cm³/mol. The topological polar surface area (TPSA) is 70.2 Å². The molecule has 1 aromatic heterocycles. The number of rotatable bonds is 4. The second kappa shape index (κ2) is 9.07. The molecule has 9 heteroatoms. The third kappa shape index (κ3) is 4.64. The Kier molecular flexibility index (Phi) is 6.63. The van der Waals surface area contributed by atoms with E-state index in [0.29, 0.717) is 18.5 Å². The van der Waals surface area contributed by atoms with Crippen molar-refractivity contribution in [1.29, 1.82) is 0 Å². The van der Waals surface area contributed by atoms with E-state index >= 15 is 0 Å². The van der Waals surface area contributed by atoms with E-state index in [-0.39, 0.29) is 28.8 Å². The first-order chi connectivity index (χ1) is 15.9. The lowest BCUT2D eigenvalue weighted by Gasteiger charge is -2.45. The molecule has 0 bridgehead atoms. The molecule has 4 rings (SSSR count). The number of fused-ring (bicyclic) bond motifs is 1. The third-order valence-corrected chi connectivity index (χ3v) is 7.74. The number of benzene rings is 1. The molecule has 2 aromatic rings. The van der Waals surface area contributed by atoms with Gasteiger partial charge in [0.15, 0.2) is 0 Å². The van der Waals surface area contributed by atoms with Crippen LogP contribution in [0.15, 0.2) is 24.5 Å². The summed E-state index contributed by atoms with van der Waals surface area (Å²) in [5.41, 5.74) is -1.72. The number of hydrogen-bond acceptors (Lipinski definition) is 5. The number of nitrogens with zero attached hydrogens (tertiary/aromatic N) is 3. The zero-order valence-electron chi connectivity index (χ0n) is 20.3. The van der Waals surface area contributed by atoms with Crippen molar-refractivity contribution >= 4 is 16.9 Å². The first kappa shape index (κ1) is 24.9. The maximum atomic E-state index is 13.8. The summed E-state index contributed by atoms with van der Waals surface area (Å²) in [7, 11) is 2.09. The monoisotopic (exact) mass is 477 g/mol. The highest BCUT2D eigenvalue weighted by atomic mass is 19.4. The summed E-state index contributed by atoms with van der Waals surface area (Å²) < 4.78 is 41.1. The maximum Gasteiger partial charge on any atom is 0.418 e. The lowest BCUT2D eigenvalue weighted by Crippen LogP contribution is -2.60. The number of amides is 1. The summed E-state index contributed by atoms with van der Waals surface area (Å²) in [6, 6.07) is 2.55. The van der Waals surface area contributed by atoms with Crippen LogP contribution < -0.4 is 10.6 Å². The standard InChI is InChI=1S/C25H34F3N5O/c1-16-13-24(15-29-14-16,32-22(34)23(2,3)17-7-11-33(4)12-8-17)18-5-6-19(25(26,27)28)21-20(18)30-9-10-31-21/h5-6,9-10,16-17,29H,7-8,11-15H2,1-4H3,(H,32,34)/t16-,24-/m0/s1. The van der Waals surface area contributed by atoms with Crippen molar-refractivity contribution in [3.8, 4) is 0 Å². The van der Waals surface area contributed by atoms with Gasteiger partial charge in [0, 0.05) is 29.9 Å². The molecule has 2 aliphatic rings. The van der Waals surface area contributed by atoms with E-state index < -0.39 is 22.7 Å². The van der Waals surface area contributed by atoms with Crippen LogP contribution in [0.4, 0.5) is 13.2 Å². The first-order valence-electron chi connectivity index (χ1n) is 12.0. The smallest absolute Gasteiger partial charge is 0.345 e.